The van der Waals surface area contributed by atoms with Crippen molar-refractivity contribution in [3.05, 3.63) is 47.0 Å². The van der Waals surface area contributed by atoms with E-state index in [1.165, 1.54) is 0 Å². The summed E-state index contributed by atoms with van der Waals surface area (Å²) in [6.45, 7) is 1.67. The second-order valence-corrected chi connectivity index (χ2v) is 5.88. The van der Waals surface area contributed by atoms with Crippen LogP contribution >= 0.6 is 35.6 Å². The Hall–Kier alpha value is -1.87. The molecule has 3 rings (SSSR count). The van der Waals surface area contributed by atoms with Crippen molar-refractivity contribution in [2.24, 2.45) is 10.7 Å². The number of halogens is 2. The van der Waals surface area contributed by atoms with Gasteiger partial charge in [-0.05, 0) is 24.3 Å². The third-order valence-electron chi connectivity index (χ3n) is 3.70. The SMILES string of the molecule is COc1ccc(NC(N)=NCc2cccc3c2OCCCO3)cc1Cl.I. The van der Waals surface area contributed by atoms with Crippen LogP contribution in [0.2, 0.25) is 5.02 Å². The fraction of sp³-hybridized carbons (Fsp3) is 0.278. The van der Waals surface area contributed by atoms with Crippen LogP contribution in [0.3, 0.4) is 0 Å². The minimum absolute atomic E-state index is 0. The van der Waals surface area contributed by atoms with Crippen molar-refractivity contribution in [1.82, 2.24) is 0 Å². The number of nitrogens with zero attached hydrogens (tertiary/aromatic N) is 1. The molecule has 0 aromatic heterocycles. The summed E-state index contributed by atoms with van der Waals surface area (Å²) >= 11 is 6.10. The first-order chi connectivity index (χ1) is 12.2. The molecular formula is C18H21ClIN3O3. The first kappa shape index (κ1) is 20.4. The molecule has 3 N–H and O–H groups in total. The summed E-state index contributed by atoms with van der Waals surface area (Å²) in [5.41, 5.74) is 7.64. The highest BCUT2D eigenvalue weighted by Gasteiger charge is 2.14. The van der Waals surface area contributed by atoms with Gasteiger partial charge in [0.15, 0.2) is 17.5 Å². The number of guanidine groups is 1. The van der Waals surface area contributed by atoms with Gasteiger partial charge in [-0.15, -0.1) is 24.0 Å². The van der Waals surface area contributed by atoms with E-state index in [0.29, 0.717) is 30.5 Å². The number of fused-ring (bicyclic) bond motifs is 1. The van der Waals surface area contributed by atoms with Crippen LogP contribution in [0.25, 0.3) is 0 Å². The number of ether oxygens (including phenoxy) is 3. The average molecular weight is 490 g/mol. The van der Waals surface area contributed by atoms with E-state index in [0.717, 1.165) is 29.2 Å². The molecule has 0 saturated heterocycles. The quantitative estimate of drug-likeness (QED) is 0.385. The van der Waals surface area contributed by atoms with Crippen molar-refractivity contribution in [2.45, 2.75) is 13.0 Å². The summed E-state index contributed by atoms with van der Waals surface area (Å²) in [6, 6.07) is 11.1. The van der Waals surface area contributed by atoms with Gasteiger partial charge in [-0.25, -0.2) is 4.99 Å². The van der Waals surface area contributed by atoms with Crippen LogP contribution in [-0.4, -0.2) is 26.3 Å². The third-order valence-corrected chi connectivity index (χ3v) is 3.99. The number of hydrogen-bond donors (Lipinski definition) is 2. The Labute approximate surface area is 174 Å². The van der Waals surface area contributed by atoms with Crippen LogP contribution in [-0.2, 0) is 6.54 Å². The predicted molar refractivity (Wildman–Crippen MR) is 114 cm³/mol. The second kappa shape index (κ2) is 9.72. The number of para-hydroxylation sites is 1. The van der Waals surface area contributed by atoms with E-state index in [-0.39, 0.29) is 29.9 Å². The molecule has 0 fully saturated rings. The monoisotopic (exact) mass is 489 g/mol. The van der Waals surface area contributed by atoms with E-state index in [4.69, 9.17) is 31.5 Å². The lowest BCUT2D eigenvalue weighted by Crippen LogP contribution is -2.22. The van der Waals surface area contributed by atoms with E-state index >= 15 is 0 Å². The average Bonchev–Trinajstić information content (AvgIpc) is 2.86. The Morgan fingerprint density at radius 2 is 2.08 bits per heavy atom. The normalized spacial score (nSPS) is 13.4. The number of nitrogens with two attached hydrogens (primary N) is 1. The molecule has 140 valence electrons. The van der Waals surface area contributed by atoms with Gasteiger partial charge in [-0.3, -0.25) is 0 Å². The molecule has 0 aliphatic carbocycles. The van der Waals surface area contributed by atoms with Gasteiger partial charge in [0.1, 0.15) is 5.75 Å². The largest absolute Gasteiger partial charge is 0.495 e. The molecule has 1 aliphatic heterocycles. The molecular weight excluding hydrogens is 469 g/mol. The maximum atomic E-state index is 6.10. The summed E-state index contributed by atoms with van der Waals surface area (Å²) < 4.78 is 16.6. The molecule has 0 amide bonds. The molecule has 1 heterocycles. The van der Waals surface area contributed by atoms with Gasteiger partial charge in [0.25, 0.3) is 0 Å². The standard InChI is InChI=1S/C18H20ClN3O3.HI/c1-23-15-7-6-13(10-14(15)19)22-18(20)21-11-12-4-2-5-16-17(12)25-9-3-8-24-16;/h2,4-7,10H,3,8-9,11H2,1H3,(H3,20,21,22);1H. The highest BCUT2D eigenvalue weighted by molar-refractivity contribution is 14.0. The van der Waals surface area contributed by atoms with E-state index in [9.17, 15) is 0 Å². The second-order valence-electron chi connectivity index (χ2n) is 5.47. The zero-order valence-electron chi connectivity index (χ0n) is 14.3. The molecule has 0 spiro atoms. The molecule has 0 radical (unpaired) electrons. The molecule has 6 nitrogen and oxygen atoms in total. The summed E-state index contributed by atoms with van der Waals surface area (Å²) in [5.74, 6) is 2.38. The zero-order valence-corrected chi connectivity index (χ0v) is 17.4. The van der Waals surface area contributed by atoms with Crippen molar-refractivity contribution < 1.29 is 14.2 Å². The van der Waals surface area contributed by atoms with Gasteiger partial charge >= 0.3 is 0 Å². The molecule has 1 aliphatic rings. The smallest absolute Gasteiger partial charge is 0.193 e. The maximum absolute atomic E-state index is 6.10. The van der Waals surface area contributed by atoms with Crippen LogP contribution < -0.4 is 25.3 Å². The summed E-state index contributed by atoms with van der Waals surface area (Å²) in [5, 5.41) is 3.51. The van der Waals surface area contributed by atoms with Crippen molar-refractivity contribution >= 4 is 47.2 Å². The van der Waals surface area contributed by atoms with Crippen LogP contribution in [0.5, 0.6) is 17.2 Å². The lowest BCUT2D eigenvalue weighted by atomic mass is 10.2. The van der Waals surface area contributed by atoms with Crippen LogP contribution in [0, 0.1) is 0 Å². The third kappa shape index (κ3) is 5.07. The lowest BCUT2D eigenvalue weighted by molar-refractivity contribution is 0.296. The van der Waals surface area contributed by atoms with Gasteiger partial charge in [-0.1, -0.05) is 23.7 Å². The Morgan fingerprint density at radius 3 is 2.85 bits per heavy atom. The highest BCUT2D eigenvalue weighted by Crippen LogP contribution is 2.33. The number of aliphatic imine (C=N–C) groups is 1. The lowest BCUT2D eigenvalue weighted by Gasteiger charge is -2.12. The zero-order chi connectivity index (χ0) is 17.6. The molecule has 0 atom stereocenters. The topological polar surface area (TPSA) is 78.1 Å². The van der Waals surface area contributed by atoms with E-state index in [1.54, 1.807) is 19.2 Å². The summed E-state index contributed by atoms with van der Waals surface area (Å²) in [6.07, 6.45) is 0.860. The number of benzene rings is 2. The van der Waals surface area contributed by atoms with E-state index < -0.39 is 0 Å². The Kier molecular flexibility index (Phi) is 7.65. The van der Waals surface area contributed by atoms with Crippen molar-refractivity contribution in [1.29, 1.82) is 0 Å². The molecule has 8 heteroatoms. The molecule has 0 bridgehead atoms. The fourth-order valence-electron chi connectivity index (χ4n) is 2.48. The van der Waals surface area contributed by atoms with Crippen molar-refractivity contribution in [2.75, 3.05) is 25.6 Å². The molecule has 0 saturated carbocycles. The number of methoxy groups -OCH3 is 1. The highest BCUT2D eigenvalue weighted by atomic mass is 127. The molecule has 2 aromatic carbocycles. The number of anilines is 1. The summed E-state index contributed by atoms with van der Waals surface area (Å²) in [4.78, 5) is 4.37. The first-order valence-corrected chi connectivity index (χ1v) is 8.33. The van der Waals surface area contributed by atoms with Gasteiger partial charge in [0.05, 0.1) is 31.9 Å². The predicted octanol–water partition coefficient (Wildman–Crippen LogP) is 4.05. The van der Waals surface area contributed by atoms with Crippen molar-refractivity contribution in [3.8, 4) is 17.2 Å². The minimum atomic E-state index is 0. The fourth-order valence-corrected chi connectivity index (χ4v) is 2.74. The Morgan fingerprint density at radius 1 is 1.27 bits per heavy atom. The number of hydrogen-bond acceptors (Lipinski definition) is 4. The maximum Gasteiger partial charge on any atom is 0.193 e. The number of nitrogens with one attached hydrogen (secondary N) is 1. The molecule has 0 unspecified atom stereocenters. The van der Waals surface area contributed by atoms with Gasteiger partial charge in [0, 0.05) is 17.7 Å². The van der Waals surface area contributed by atoms with E-state index in [2.05, 4.69) is 10.3 Å². The van der Waals surface area contributed by atoms with Gasteiger partial charge in [0.2, 0.25) is 0 Å². The van der Waals surface area contributed by atoms with Crippen LogP contribution in [0.15, 0.2) is 41.4 Å². The Balaban J connectivity index is 0.00000243. The molecule has 26 heavy (non-hydrogen) atoms. The first-order valence-electron chi connectivity index (χ1n) is 7.95. The van der Waals surface area contributed by atoms with E-state index in [1.807, 2.05) is 24.3 Å². The minimum Gasteiger partial charge on any atom is -0.495 e. The van der Waals surface area contributed by atoms with Crippen LogP contribution in [0.4, 0.5) is 5.69 Å². The number of rotatable bonds is 4. The van der Waals surface area contributed by atoms with Crippen molar-refractivity contribution in [3.63, 3.8) is 0 Å². The van der Waals surface area contributed by atoms with Gasteiger partial charge in [-0.2, -0.15) is 0 Å². The van der Waals surface area contributed by atoms with Crippen LogP contribution in [0.1, 0.15) is 12.0 Å². The summed E-state index contributed by atoms with van der Waals surface area (Å²) in [7, 11) is 1.57. The Bertz CT molecular complexity index is 786. The molecule has 2 aromatic rings. The van der Waals surface area contributed by atoms with Gasteiger partial charge < -0.3 is 25.3 Å².